The van der Waals surface area contributed by atoms with Crippen LogP contribution in [-0.4, -0.2) is 0 Å². The summed E-state index contributed by atoms with van der Waals surface area (Å²) in [5.41, 5.74) is 0. The van der Waals surface area contributed by atoms with Crippen molar-refractivity contribution in [3.63, 3.8) is 0 Å². The molecule has 0 rings (SSSR count). The van der Waals surface area contributed by atoms with Gasteiger partial charge in [-0.1, -0.05) is 136 Å². The maximum absolute atomic E-state index is 3.89. The molecule has 0 fully saturated rings. The van der Waals surface area contributed by atoms with E-state index in [4.69, 9.17) is 0 Å². The van der Waals surface area contributed by atoms with E-state index in [-0.39, 0.29) is 0 Å². The van der Waals surface area contributed by atoms with Gasteiger partial charge in [-0.25, -0.2) is 0 Å². The van der Waals surface area contributed by atoms with Gasteiger partial charge in [0.15, 0.2) is 0 Å². The number of unbranched alkanes of at least 4 members (excludes halogenated alkanes) is 19. The zero-order valence-corrected chi connectivity index (χ0v) is 15.7. The quantitative estimate of drug-likeness (QED) is 0.210. The summed E-state index contributed by atoms with van der Waals surface area (Å²) >= 11 is 0. The van der Waals surface area contributed by atoms with Crippen LogP contribution in [0.5, 0.6) is 0 Å². The third-order valence-corrected chi connectivity index (χ3v) is 4.67. The molecule has 0 unspecified atom stereocenters. The zero-order valence-electron chi connectivity index (χ0n) is 15.7. The molecule has 22 heavy (non-hydrogen) atoms. The second-order valence-corrected chi connectivity index (χ2v) is 7.02. The predicted molar refractivity (Wildman–Crippen MR) is 103 cm³/mol. The van der Waals surface area contributed by atoms with Crippen molar-refractivity contribution in [2.24, 2.45) is 0 Å². The molecule has 0 aromatic carbocycles. The van der Waals surface area contributed by atoms with Gasteiger partial charge in [-0.2, -0.15) is 0 Å². The molecule has 0 spiro atoms. The Morgan fingerprint density at radius 1 is 0.500 bits per heavy atom. The van der Waals surface area contributed by atoms with Gasteiger partial charge in [-0.15, -0.1) is 0 Å². The maximum atomic E-state index is 3.89. The molecule has 0 heteroatoms. The standard InChI is InChI=1S/C22H44/c1-3-5-7-9-11-13-15-17-19-21-22-20-18-16-14-12-10-8-6-4-2/h15H,1,3-14,16-22H2,2H3. The molecule has 0 aromatic heterocycles. The number of hydrogen-bond acceptors (Lipinski definition) is 0. The molecule has 0 N–H and O–H groups in total. The minimum Gasteiger partial charge on any atom is -0.0654 e. The van der Waals surface area contributed by atoms with E-state index in [0.717, 1.165) is 6.42 Å². The Balaban J connectivity index is 2.91. The van der Waals surface area contributed by atoms with Crippen LogP contribution in [0.25, 0.3) is 0 Å². The van der Waals surface area contributed by atoms with Gasteiger partial charge in [0.2, 0.25) is 0 Å². The summed E-state index contributed by atoms with van der Waals surface area (Å²) in [5, 5.41) is 0. The number of rotatable bonds is 19. The molecule has 132 valence electrons. The molecule has 0 saturated carbocycles. The Kier molecular flexibility index (Phi) is 21.0. The Labute approximate surface area is 142 Å². The number of hydrogen-bond donors (Lipinski definition) is 0. The Bertz CT molecular complexity index is 153. The van der Waals surface area contributed by atoms with Crippen molar-refractivity contribution in [1.29, 1.82) is 0 Å². The largest absolute Gasteiger partial charge is 0.0654 e. The first-order valence-corrected chi connectivity index (χ1v) is 10.5. The summed E-state index contributed by atoms with van der Waals surface area (Å²) < 4.78 is 0. The molecule has 0 bridgehead atoms. The van der Waals surface area contributed by atoms with Crippen molar-refractivity contribution < 1.29 is 0 Å². The van der Waals surface area contributed by atoms with Crippen molar-refractivity contribution in [2.75, 3.05) is 0 Å². The van der Waals surface area contributed by atoms with Gasteiger partial charge in [-0.05, 0) is 6.42 Å². The van der Waals surface area contributed by atoms with Gasteiger partial charge < -0.3 is 0 Å². The van der Waals surface area contributed by atoms with E-state index in [1.165, 1.54) is 116 Å². The van der Waals surface area contributed by atoms with Crippen LogP contribution in [0, 0.1) is 13.3 Å². The van der Waals surface area contributed by atoms with Gasteiger partial charge in [-0.3, -0.25) is 0 Å². The molecular weight excluding hydrogens is 264 g/mol. The molecule has 0 aromatic rings. The van der Waals surface area contributed by atoms with Gasteiger partial charge >= 0.3 is 0 Å². The van der Waals surface area contributed by atoms with E-state index in [2.05, 4.69) is 20.3 Å². The van der Waals surface area contributed by atoms with Gasteiger partial charge in [0.1, 0.15) is 0 Å². The highest BCUT2D eigenvalue weighted by atomic mass is 14.0. The molecule has 0 amide bonds. The average Bonchev–Trinajstić information content (AvgIpc) is 2.54. The highest BCUT2D eigenvalue weighted by Gasteiger charge is 1.95. The third kappa shape index (κ3) is 20.0. The average molecular weight is 309 g/mol. The van der Waals surface area contributed by atoms with Crippen molar-refractivity contribution in [1.82, 2.24) is 0 Å². The lowest BCUT2D eigenvalue weighted by atomic mass is 10.0. The van der Waals surface area contributed by atoms with E-state index >= 15 is 0 Å². The predicted octanol–water partition coefficient (Wildman–Crippen LogP) is 8.46. The van der Waals surface area contributed by atoms with Crippen molar-refractivity contribution >= 4 is 0 Å². The van der Waals surface area contributed by atoms with Gasteiger partial charge in [0.25, 0.3) is 0 Å². The lowest BCUT2D eigenvalue weighted by Crippen LogP contribution is -1.84. The fourth-order valence-corrected chi connectivity index (χ4v) is 3.09. The Morgan fingerprint density at radius 2 is 0.864 bits per heavy atom. The van der Waals surface area contributed by atoms with E-state index in [0.29, 0.717) is 0 Å². The van der Waals surface area contributed by atoms with E-state index in [1.54, 1.807) is 0 Å². The smallest absolute Gasteiger partial charge is 0.0386 e. The molecular formula is C22H44. The van der Waals surface area contributed by atoms with Crippen LogP contribution < -0.4 is 0 Å². The highest BCUT2D eigenvalue weighted by molar-refractivity contribution is 4.64. The van der Waals surface area contributed by atoms with Crippen molar-refractivity contribution in [3.05, 3.63) is 13.3 Å². The first kappa shape index (κ1) is 22.0. The maximum Gasteiger partial charge on any atom is -0.0386 e. The van der Waals surface area contributed by atoms with Gasteiger partial charge in [0.05, 0.1) is 0 Å². The minimum absolute atomic E-state index is 1.11. The summed E-state index contributed by atoms with van der Waals surface area (Å²) in [5.74, 6) is 0. The van der Waals surface area contributed by atoms with E-state index < -0.39 is 0 Å². The SMILES string of the molecule is [CH2]CCCCCC[CH]CCCCCCCCCCCCCC. The zero-order chi connectivity index (χ0) is 16.1. The van der Waals surface area contributed by atoms with Crippen molar-refractivity contribution in [2.45, 2.75) is 129 Å². The second-order valence-electron chi connectivity index (χ2n) is 7.02. The third-order valence-electron chi connectivity index (χ3n) is 4.67. The first-order valence-electron chi connectivity index (χ1n) is 10.5. The lowest BCUT2D eigenvalue weighted by Gasteiger charge is -2.03. The summed E-state index contributed by atoms with van der Waals surface area (Å²) in [7, 11) is 0. The normalized spacial score (nSPS) is 11.2. The van der Waals surface area contributed by atoms with Crippen LogP contribution in [0.15, 0.2) is 0 Å². The summed E-state index contributed by atoms with van der Waals surface area (Å²) in [6, 6.07) is 0. The molecule has 0 aliphatic carbocycles. The molecule has 0 atom stereocenters. The van der Waals surface area contributed by atoms with Gasteiger partial charge in [0, 0.05) is 0 Å². The minimum atomic E-state index is 1.11. The van der Waals surface area contributed by atoms with E-state index in [9.17, 15) is 0 Å². The molecule has 2 radical (unpaired) electrons. The summed E-state index contributed by atoms with van der Waals surface area (Å²) in [6.45, 7) is 6.19. The molecule has 0 heterocycles. The van der Waals surface area contributed by atoms with Crippen LogP contribution in [0.3, 0.4) is 0 Å². The van der Waals surface area contributed by atoms with Crippen LogP contribution in [0.1, 0.15) is 129 Å². The van der Waals surface area contributed by atoms with Crippen molar-refractivity contribution in [3.8, 4) is 0 Å². The highest BCUT2D eigenvalue weighted by Crippen LogP contribution is 2.14. The van der Waals surface area contributed by atoms with Crippen LogP contribution in [0.2, 0.25) is 0 Å². The Hall–Kier alpha value is 0. The molecule has 0 nitrogen and oxygen atoms in total. The molecule has 0 aliphatic heterocycles. The van der Waals surface area contributed by atoms with Crippen LogP contribution in [-0.2, 0) is 0 Å². The topological polar surface area (TPSA) is 0 Å². The molecule has 0 aliphatic rings. The summed E-state index contributed by atoms with van der Waals surface area (Å²) in [6.07, 6.45) is 29.3. The monoisotopic (exact) mass is 308 g/mol. The van der Waals surface area contributed by atoms with Crippen LogP contribution in [0.4, 0.5) is 0 Å². The lowest BCUT2D eigenvalue weighted by molar-refractivity contribution is 0.541. The first-order chi connectivity index (χ1) is 10.9. The van der Waals surface area contributed by atoms with Crippen LogP contribution >= 0.6 is 0 Å². The fourth-order valence-electron chi connectivity index (χ4n) is 3.09. The second kappa shape index (κ2) is 21.0. The molecule has 0 saturated heterocycles. The van der Waals surface area contributed by atoms with E-state index in [1.807, 2.05) is 0 Å². The fraction of sp³-hybridized carbons (Fsp3) is 0.909. The summed E-state index contributed by atoms with van der Waals surface area (Å²) in [4.78, 5) is 0. The Morgan fingerprint density at radius 3 is 1.27 bits per heavy atom.